The molecule has 2 aromatic rings. The van der Waals surface area contributed by atoms with Crippen molar-refractivity contribution in [1.82, 2.24) is 5.32 Å². The second-order valence-corrected chi connectivity index (χ2v) is 5.26. The van der Waals surface area contributed by atoms with E-state index in [0.29, 0.717) is 6.54 Å². The van der Waals surface area contributed by atoms with Crippen LogP contribution in [0, 0.1) is 13.8 Å². The van der Waals surface area contributed by atoms with Crippen molar-refractivity contribution in [3.63, 3.8) is 0 Å². The highest BCUT2D eigenvalue weighted by Gasteiger charge is 2.09. The van der Waals surface area contributed by atoms with E-state index in [0.717, 1.165) is 28.9 Å². The zero-order valence-electron chi connectivity index (χ0n) is 12.9. The maximum atomic E-state index is 12.2. The molecule has 110 valence electrons. The van der Waals surface area contributed by atoms with Gasteiger partial charge in [-0.2, -0.15) is 0 Å². The topological polar surface area (TPSA) is 32.3 Å². The zero-order chi connectivity index (χ0) is 15.2. The molecular formula is C18H22N2O. The fourth-order valence-electron chi connectivity index (χ4n) is 2.24. The first-order valence-corrected chi connectivity index (χ1v) is 7.20. The first kappa shape index (κ1) is 15.1. The fraction of sp³-hybridized carbons (Fsp3) is 0.278. The maximum Gasteiger partial charge on any atom is 0.251 e. The summed E-state index contributed by atoms with van der Waals surface area (Å²) in [5.41, 5.74) is 4.10. The van der Waals surface area contributed by atoms with Crippen LogP contribution in [-0.2, 0) is 0 Å². The van der Waals surface area contributed by atoms with Crippen LogP contribution in [0.1, 0.15) is 21.5 Å². The largest absolute Gasteiger partial charge is 0.373 e. The minimum atomic E-state index is -0.00217. The predicted molar refractivity (Wildman–Crippen MR) is 88.0 cm³/mol. The van der Waals surface area contributed by atoms with Gasteiger partial charge in [0.05, 0.1) is 0 Å². The summed E-state index contributed by atoms with van der Waals surface area (Å²) in [7, 11) is 2.03. The Morgan fingerprint density at radius 2 is 1.76 bits per heavy atom. The number of anilines is 1. The highest BCUT2D eigenvalue weighted by atomic mass is 16.1. The third-order valence-corrected chi connectivity index (χ3v) is 3.78. The SMILES string of the molecule is Cc1cccc(C(=O)NCCN(C)c2ccccc2)c1C. The molecule has 0 unspecified atom stereocenters. The Hall–Kier alpha value is -2.29. The van der Waals surface area contributed by atoms with Gasteiger partial charge in [-0.15, -0.1) is 0 Å². The number of benzene rings is 2. The van der Waals surface area contributed by atoms with Gasteiger partial charge in [-0.05, 0) is 43.2 Å². The van der Waals surface area contributed by atoms with Crippen LogP contribution in [0.5, 0.6) is 0 Å². The van der Waals surface area contributed by atoms with Gasteiger partial charge in [0.2, 0.25) is 0 Å². The van der Waals surface area contributed by atoms with E-state index < -0.39 is 0 Å². The van der Waals surface area contributed by atoms with Gasteiger partial charge in [-0.1, -0.05) is 30.3 Å². The van der Waals surface area contributed by atoms with Crippen molar-refractivity contribution in [2.75, 3.05) is 25.0 Å². The summed E-state index contributed by atoms with van der Waals surface area (Å²) in [4.78, 5) is 14.3. The van der Waals surface area contributed by atoms with Crippen molar-refractivity contribution in [2.24, 2.45) is 0 Å². The summed E-state index contributed by atoms with van der Waals surface area (Å²) in [5, 5.41) is 2.99. The molecule has 0 heterocycles. The predicted octanol–water partition coefficient (Wildman–Crippen LogP) is 3.17. The Kier molecular flexibility index (Phi) is 4.99. The van der Waals surface area contributed by atoms with E-state index in [1.165, 1.54) is 0 Å². The molecule has 0 saturated carbocycles. The van der Waals surface area contributed by atoms with Crippen molar-refractivity contribution in [2.45, 2.75) is 13.8 Å². The molecule has 0 aliphatic heterocycles. The highest BCUT2D eigenvalue weighted by Crippen LogP contribution is 2.13. The number of likely N-dealkylation sites (N-methyl/N-ethyl adjacent to an activating group) is 1. The first-order chi connectivity index (χ1) is 10.1. The van der Waals surface area contributed by atoms with Crippen LogP contribution in [0.4, 0.5) is 5.69 Å². The third-order valence-electron chi connectivity index (χ3n) is 3.78. The summed E-state index contributed by atoms with van der Waals surface area (Å²) in [6.07, 6.45) is 0. The smallest absolute Gasteiger partial charge is 0.251 e. The average Bonchev–Trinajstić information content (AvgIpc) is 2.50. The average molecular weight is 282 g/mol. The van der Waals surface area contributed by atoms with E-state index in [-0.39, 0.29) is 5.91 Å². The number of hydrogen-bond donors (Lipinski definition) is 1. The molecule has 21 heavy (non-hydrogen) atoms. The molecule has 0 atom stereocenters. The lowest BCUT2D eigenvalue weighted by molar-refractivity contribution is 0.0954. The molecule has 0 saturated heterocycles. The van der Waals surface area contributed by atoms with Crippen molar-refractivity contribution < 1.29 is 4.79 Å². The van der Waals surface area contributed by atoms with Gasteiger partial charge in [-0.25, -0.2) is 0 Å². The van der Waals surface area contributed by atoms with Crippen LogP contribution >= 0.6 is 0 Å². The summed E-state index contributed by atoms with van der Waals surface area (Å²) in [6.45, 7) is 5.41. The normalized spacial score (nSPS) is 10.2. The lowest BCUT2D eigenvalue weighted by Crippen LogP contribution is -2.33. The maximum absolute atomic E-state index is 12.2. The molecule has 1 N–H and O–H groups in total. The molecule has 2 aromatic carbocycles. The molecule has 3 nitrogen and oxygen atoms in total. The van der Waals surface area contributed by atoms with Gasteiger partial charge in [0.25, 0.3) is 5.91 Å². The van der Waals surface area contributed by atoms with Crippen LogP contribution in [0.25, 0.3) is 0 Å². The molecule has 3 heteroatoms. The molecule has 2 rings (SSSR count). The summed E-state index contributed by atoms with van der Waals surface area (Å²) < 4.78 is 0. The van der Waals surface area contributed by atoms with Gasteiger partial charge < -0.3 is 10.2 Å². The second-order valence-electron chi connectivity index (χ2n) is 5.26. The molecule has 0 aliphatic carbocycles. The minimum absolute atomic E-state index is 0.00217. The number of carbonyl (C=O) groups is 1. The van der Waals surface area contributed by atoms with Crippen LogP contribution in [0.2, 0.25) is 0 Å². The molecule has 0 aliphatic rings. The standard InChI is InChI=1S/C18H22N2O/c1-14-8-7-11-17(15(14)2)18(21)19-12-13-20(3)16-9-5-4-6-10-16/h4-11H,12-13H2,1-3H3,(H,19,21). The van der Waals surface area contributed by atoms with Gasteiger partial charge in [0.1, 0.15) is 0 Å². The monoisotopic (exact) mass is 282 g/mol. The molecule has 0 aromatic heterocycles. The molecule has 1 amide bonds. The number of nitrogens with zero attached hydrogens (tertiary/aromatic N) is 1. The van der Waals surface area contributed by atoms with E-state index in [9.17, 15) is 4.79 Å². The Morgan fingerprint density at radius 3 is 2.48 bits per heavy atom. The van der Waals surface area contributed by atoms with Crippen molar-refractivity contribution in [3.05, 3.63) is 65.2 Å². The van der Waals surface area contributed by atoms with E-state index in [2.05, 4.69) is 22.3 Å². The Labute approximate surface area is 126 Å². The van der Waals surface area contributed by atoms with Gasteiger partial charge in [-0.3, -0.25) is 4.79 Å². The number of nitrogens with one attached hydrogen (secondary N) is 1. The summed E-state index contributed by atoms with van der Waals surface area (Å²) in [5.74, 6) is -0.00217. The second kappa shape index (κ2) is 6.93. The van der Waals surface area contributed by atoms with Crippen molar-refractivity contribution in [3.8, 4) is 0 Å². The number of amides is 1. The van der Waals surface area contributed by atoms with Gasteiger partial charge >= 0.3 is 0 Å². The number of rotatable bonds is 5. The number of hydrogen-bond acceptors (Lipinski definition) is 2. The lowest BCUT2D eigenvalue weighted by atomic mass is 10.0. The van der Waals surface area contributed by atoms with E-state index in [1.54, 1.807) is 0 Å². The van der Waals surface area contributed by atoms with Crippen LogP contribution in [0.15, 0.2) is 48.5 Å². The highest BCUT2D eigenvalue weighted by molar-refractivity contribution is 5.95. The third kappa shape index (κ3) is 3.85. The Morgan fingerprint density at radius 1 is 1.05 bits per heavy atom. The van der Waals surface area contributed by atoms with Crippen molar-refractivity contribution >= 4 is 11.6 Å². The van der Waals surface area contributed by atoms with Crippen LogP contribution in [0.3, 0.4) is 0 Å². The molecular weight excluding hydrogens is 260 g/mol. The summed E-state index contributed by atoms with van der Waals surface area (Å²) in [6, 6.07) is 16.0. The van der Waals surface area contributed by atoms with Gasteiger partial charge in [0.15, 0.2) is 0 Å². The van der Waals surface area contributed by atoms with E-state index in [4.69, 9.17) is 0 Å². The van der Waals surface area contributed by atoms with E-state index >= 15 is 0 Å². The Bertz CT molecular complexity index is 608. The molecule has 0 radical (unpaired) electrons. The Balaban J connectivity index is 1.89. The van der Waals surface area contributed by atoms with Gasteiger partial charge in [0, 0.05) is 31.4 Å². The minimum Gasteiger partial charge on any atom is -0.373 e. The van der Waals surface area contributed by atoms with Crippen molar-refractivity contribution in [1.29, 1.82) is 0 Å². The lowest BCUT2D eigenvalue weighted by Gasteiger charge is -2.19. The molecule has 0 spiro atoms. The van der Waals surface area contributed by atoms with E-state index in [1.807, 2.05) is 57.3 Å². The fourth-order valence-corrected chi connectivity index (χ4v) is 2.24. The molecule has 0 fully saturated rings. The number of carbonyl (C=O) groups excluding carboxylic acids is 1. The number of aryl methyl sites for hydroxylation is 1. The van der Waals surface area contributed by atoms with Crippen LogP contribution < -0.4 is 10.2 Å². The quantitative estimate of drug-likeness (QED) is 0.913. The summed E-state index contributed by atoms with van der Waals surface area (Å²) >= 11 is 0. The first-order valence-electron chi connectivity index (χ1n) is 7.20. The molecule has 0 bridgehead atoms. The van der Waals surface area contributed by atoms with Crippen LogP contribution in [-0.4, -0.2) is 26.0 Å². The number of para-hydroxylation sites is 1. The zero-order valence-corrected chi connectivity index (χ0v) is 12.9.